The van der Waals surface area contributed by atoms with Gasteiger partial charge in [0.25, 0.3) is 16.1 Å². The summed E-state index contributed by atoms with van der Waals surface area (Å²) in [7, 11) is -4.28. The fraction of sp³-hybridized carbons (Fsp3) is 0.348. The van der Waals surface area contributed by atoms with Crippen LogP contribution in [0.4, 0.5) is 6.01 Å². The van der Waals surface area contributed by atoms with Crippen LogP contribution in [0.5, 0.6) is 5.75 Å². The Labute approximate surface area is 191 Å². The number of aromatic amines is 1. The van der Waals surface area contributed by atoms with Gasteiger partial charge in [-0.05, 0) is 61.7 Å². The Hall–Kier alpha value is -3.08. The highest BCUT2D eigenvalue weighted by Gasteiger charge is 2.22. The van der Waals surface area contributed by atoms with Crippen molar-refractivity contribution in [2.45, 2.75) is 37.2 Å². The zero-order valence-corrected chi connectivity index (χ0v) is 19.1. The predicted molar refractivity (Wildman–Crippen MR) is 125 cm³/mol. The van der Waals surface area contributed by atoms with Gasteiger partial charge in [-0.2, -0.15) is 13.4 Å². The lowest BCUT2D eigenvalue weighted by Crippen LogP contribution is -2.38. The molecule has 4 aromatic rings. The van der Waals surface area contributed by atoms with Crippen molar-refractivity contribution in [2.24, 2.45) is 0 Å². The minimum atomic E-state index is -4.28. The normalized spacial score (nSPS) is 15.9. The lowest BCUT2D eigenvalue weighted by molar-refractivity contribution is 0.210. The lowest BCUT2D eigenvalue weighted by atomic mass is 10.0. The number of piperidine rings is 1. The van der Waals surface area contributed by atoms with E-state index < -0.39 is 10.1 Å². The highest BCUT2D eigenvalue weighted by Crippen LogP contribution is 2.29. The average molecular weight is 471 g/mol. The molecule has 5 rings (SSSR count). The maximum atomic E-state index is 11.3. The molecule has 1 fully saturated rings. The molecule has 10 heteroatoms. The second-order valence-electron chi connectivity index (χ2n) is 8.28. The SMILES string of the molecule is CCOc1cc(CN2CCC(Nc3nc4cc(S(=O)(=O)O)ccc4o3)CC2)cc2[nH]ccc12. The Morgan fingerprint density at radius 1 is 1.24 bits per heavy atom. The van der Waals surface area contributed by atoms with Crippen LogP contribution in [0.15, 0.2) is 51.9 Å². The van der Waals surface area contributed by atoms with Gasteiger partial charge >= 0.3 is 0 Å². The van der Waals surface area contributed by atoms with E-state index in [4.69, 9.17) is 9.15 Å². The molecule has 33 heavy (non-hydrogen) atoms. The minimum Gasteiger partial charge on any atom is -0.493 e. The summed E-state index contributed by atoms with van der Waals surface area (Å²) in [4.78, 5) is 9.83. The van der Waals surface area contributed by atoms with Crippen LogP contribution in [0.25, 0.3) is 22.0 Å². The predicted octanol–water partition coefficient (Wildman–Crippen LogP) is 4.03. The van der Waals surface area contributed by atoms with Gasteiger partial charge in [0.1, 0.15) is 11.3 Å². The first-order valence-corrected chi connectivity index (χ1v) is 12.4. The molecular formula is C23H26N4O5S. The van der Waals surface area contributed by atoms with E-state index >= 15 is 0 Å². The van der Waals surface area contributed by atoms with Crippen molar-refractivity contribution < 1.29 is 22.1 Å². The van der Waals surface area contributed by atoms with E-state index in [2.05, 4.69) is 32.3 Å². The Morgan fingerprint density at radius 2 is 2.06 bits per heavy atom. The van der Waals surface area contributed by atoms with Gasteiger partial charge in [0, 0.05) is 42.8 Å². The van der Waals surface area contributed by atoms with Gasteiger partial charge in [-0.25, -0.2) is 0 Å². The van der Waals surface area contributed by atoms with Gasteiger partial charge in [-0.15, -0.1) is 0 Å². The molecule has 0 amide bonds. The second-order valence-corrected chi connectivity index (χ2v) is 9.71. The first kappa shape index (κ1) is 21.7. The van der Waals surface area contributed by atoms with Crippen molar-refractivity contribution in [3.63, 3.8) is 0 Å². The molecule has 0 saturated carbocycles. The van der Waals surface area contributed by atoms with Crippen molar-refractivity contribution in [1.29, 1.82) is 0 Å². The number of aromatic nitrogens is 2. The zero-order valence-electron chi connectivity index (χ0n) is 18.2. The zero-order chi connectivity index (χ0) is 23.0. The third-order valence-corrected chi connectivity index (χ3v) is 6.82. The number of anilines is 1. The van der Waals surface area contributed by atoms with Crippen LogP contribution in [0.1, 0.15) is 25.3 Å². The molecule has 9 nitrogen and oxygen atoms in total. The summed E-state index contributed by atoms with van der Waals surface area (Å²) in [6, 6.07) is 11.0. The molecule has 0 atom stereocenters. The van der Waals surface area contributed by atoms with Crippen LogP contribution >= 0.6 is 0 Å². The topological polar surface area (TPSA) is 121 Å². The second kappa shape index (κ2) is 8.69. The number of ether oxygens (including phenoxy) is 1. The molecule has 0 bridgehead atoms. The summed E-state index contributed by atoms with van der Waals surface area (Å²) in [5, 5.41) is 4.42. The van der Waals surface area contributed by atoms with Crippen molar-refractivity contribution >= 4 is 38.1 Å². The molecule has 0 spiro atoms. The maximum absolute atomic E-state index is 11.3. The van der Waals surface area contributed by atoms with Gasteiger partial charge in [0.2, 0.25) is 0 Å². The molecule has 1 saturated heterocycles. The van der Waals surface area contributed by atoms with Crippen LogP contribution in [-0.2, 0) is 16.7 Å². The van der Waals surface area contributed by atoms with Crippen molar-refractivity contribution in [3.8, 4) is 5.75 Å². The largest absolute Gasteiger partial charge is 0.493 e. The highest BCUT2D eigenvalue weighted by molar-refractivity contribution is 7.85. The third-order valence-electron chi connectivity index (χ3n) is 5.97. The number of oxazole rings is 1. The van der Waals surface area contributed by atoms with Gasteiger partial charge in [-0.3, -0.25) is 9.45 Å². The van der Waals surface area contributed by atoms with Gasteiger partial charge < -0.3 is 19.5 Å². The number of rotatable bonds is 7. The molecule has 1 aliphatic rings. The van der Waals surface area contributed by atoms with Crippen LogP contribution in [0.3, 0.4) is 0 Å². The molecule has 174 valence electrons. The number of fused-ring (bicyclic) bond motifs is 2. The first-order valence-electron chi connectivity index (χ1n) is 11.0. The van der Waals surface area contributed by atoms with E-state index in [1.165, 1.54) is 23.8 Å². The molecule has 0 radical (unpaired) electrons. The summed E-state index contributed by atoms with van der Waals surface area (Å²) in [5.41, 5.74) is 3.15. The van der Waals surface area contributed by atoms with Crippen molar-refractivity contribution in [2.75, 3.05) is 25.0 Å². The molecule has 1 aliphatic heterocycles. The van der Waals surface area contributed by atoms with Crippen LogP contribution in [0, 0.1) is 0 Å². The smallest absolute Gasteiger partial charge is 0.295 e. The Bertz CT molecular complexity index is 1390. The van der Waals surface area contributed by atoms with Crippen molar-refractivity contribution in [1.82, 2.24) is 14.9 Å². The highest BCUT2D eigenvalue weighted by atomic mass is 32.2. The quantitative estimate of drug-likeness (QED) is 0.346. The van der Waals surface area contributed by atoms with Gasteiger partial charge in [0.15, 0.2) is 5.58 Å². The Kier molecular flexibility index (Phi) is 5.73. The molecule has 2 aromatic heterocycles. The standard InChI is InChI=1S/C23H26N4O5S/c1-2-31-22-12-15(11-19-18(22)5-8-24-19)14-27-9-6-16(7-10-27)25-23-26-20-13-17(33(28,29)30)3-4-21(20)32-23/h3-5,8,11-13,16,24H,2,6-7,9-10,14H2,1H3,(H,25,26)(H,28,29,30). The average Bonchev–Trinajstić information content (AvgIpc) is 3.40. The van der Waals surface area contributed by atoms with Crippen LogP contribution < -0.4 is 10.1 Å². The summed E-state index contributed by atoms with van der Waals surface area (Å²) in [5.74, 6) is 0.913. The van der Waals surface area contributed by atoms with E-state index in [0.29, 0.717) is 23.7 Å². The van der Waals surface area contributed by atoms with Gasteiger partial charge in [-0.1, -0.05) is 0 Å². The number of likely N-dealkylation sites (tertiary alicyclic amines) is 1. The molecule has 3 N–H and O–H groups in total. The number of H-pyrrole nitrogens is 1. The monoisotopic (exact) mass is 470 g/mol. The molecule has 0 unspecified atom stereocenters. The Morgan fingerprint density at radius 3 is 2.82 bits per heavy atom. The summed E-state index contributed by atoms with van der Waals surface area (Å²) in [6.07, 6.45) is 3.79. The Balaban J connectivity index is 1.21. The number of hydrogen-bond donors (Lipinski definition) is 3. The number of nitrogens with one attached hydrogen (secondary N) is 2. The van der Waals surface area contributed by atoms with Crippen LogP contribution in [-0.4, -0.2) is 53.6 Å². The molecule has 3 heterocycles. The lowest BCUT2D eigenvalue weighted by Gasteiger charge is -2.32. The maximum Gasteiger partial charge on any atom is 0.295 e. The molecular weight excluding hydrogens is 444 g/mol. The van der Waals surface area contributed by atoms with E-state index in [1.54, 1.807) is 0 Å². The summed E-state index contributed by atoms with van der Waals surface area (Å²) < 4.78 is 43.4. The summed E-state index contributed by atoms with van der Waals surface area (Å²) in [6.45, 7) is 5.33. The van der Waals surface area contributed by atoms with Gasteiger partial charge in [0.05, 0.1) is 11.5 Å². The molecule has 2 aromatic carbocycles. The third kappa shape index (κ3) is 4.68. The van der Waals surface area contributed by atoms with E-state index in [-0.39, 0.29) is 10.9 Å². The first-order chi connectivity index (χ1) is 15.9. The fourth-order valence-electron chi connectivity index (χ4n) is 4.35. The van der Waals surface area contributed by atoms with Crippen LogP contribution in [0.2, 0.25) is 0 Å². The molecule has 0 aliphatic carbocycles. The van der Waals surface area contributed by atoms with Crippen molar-refractivity contribution in [3.05, 3.63) is 48.2 Å². The van der Waals surface area contributed by atoms with E-state index in [1.807, 2.05) is 19.2 Å². The number of benzene rings is 2. The minimum absolute atomic E-state index is 0.201. The van der Waals surface area contributed by atoms with E-state index in [9.17, 15) is 13.0 Å². The number of nitrogens with zero attached hydrogens (tertiary/aromatic N) is 2. The summed E-state index contributed by atoms with van der Waals surface area (Å²) >= 11 is 0. The number of hydrogen-bond acceptors (Lipinski definition) is 7. The van der Waals surface area contributed by atoms with E-state index in [0.717, 1.165) is 49.1 Å². The fourth-order valence-corrected chi connectivity index (χ4v) is 4.85.